The van der Waals surface area contributed by atoms with Crippen LogP contribution in [0.4, 0.5) is 5.69 Å². The van der Waals surface area contributed by atoms with E-state index < -0.39 is 15.2 Å². The fourth-order valence-electron chi connectivity index (χ4n) is 1.08. The second-order valence-electron chi connectivity index (χ2n) is 3.07. The Balaban J connectivity index is 0.000000293. The zero-order valence-electron chi connectivity index (χ0n) is 8.88. The van der Waals surface area contributed by atoms with Crippen molar-refractivity contribution in [3.05, 3.63) is 39.4 Å². The number of nitro groups is 1. The van der Waals surface area contributed by atoms with Crippen LogP contribution in [-0.4, -0.2) is 18.8 Å². The largest absolute Gasteiger partial charge is 0.399 e. The predicted octanol–water partition coefficient (Wildman–Crippen LogP) is 0.788. The van der Waals surface area contributed by atoms with Crippen molar-refractivity contribution < 1.29 is 13.3 Å². The van der Waals surface area contributed by atoms with Crippen LogP contribution in [0, 0.1) is 24.0 Å². The number of rotatable bonds is 1. The molecule has 0 bridgehead atoms. The molecule has 1 aromatic rings. The molecule has 88 valence electrons. The van der Waals surface area contributed by atoms with Gasteiger partial charge in [0.05, 0.1) is 4.92 Å². The third kappa shape index (κ3) is 7.51. The lowest BCUT2D eigenvalue weighted by atomic mass is 10.1. The van der Waals surface area contributed by atoms with Gasteiger partial charge in [-0.3, -0.25) is 10.1 Å². The Morgan fingerprint density at radius 2 is 1.69 bits per heavy atom. The summed E-state index contributed by atoms with van der Waals surface area (Å²) in [7, 11) is -2.67. The lowest BCUT2D eigenvalue weighted by Crippen LogP contribution is -1.91. The second-order valence-corrected chi connectivity index (χ2v) is 3.80. The summed E-state index contributed by atoms with van der Waals surface area (Å²) in [6.45, 7) is 4.09. The Morgan fingerprint density at radius 1 is 1.25 bits per heavy atom. The van der Waals surface area contributed by atoms with Gasteiger partial charge in [0.1, 0.15) is 0 Å². The lowest BCUT2D eigenvalue weighted by Gasteiger charge is -1.97. The highest BCUT2D eigenvalue weighted by molar-refractivity contribution is 7.71. The van der Waals surface area contributed by atoms with Crippen LogP contribution in [0.25, 0.3) is 0 Å². The van der Waals surface area contributed by atoms with E-state index in [-0.39, 0.29) is 5.49 Å². The minimum absolute atomic E-state index is 0.0278. The van der Waals surface area contributed by atoms with E-state index in [1.54, 1.807) is 0 Å². The average Bonchev–Trinajstić information content (AvgIpc) is 1.97. The molecule has 0 saturated heterocycles. The van der Waals surface area contributed by atoms with Crippen molar-refractivity contribution in [3.63, 3.8) is 0 Å². The second kappa shape index (κ2) is 6.57. The van der Waals surface area contributed by atoms with E-state index in [2.05, 4.69) is 6.07 Å². The maximum atomic E-state index is 9.31. The van der Waals surface area contributed by atoms with Crippen LogP contribution >= 0.6 is 0 Å². The van der Waals surface area contributed by atoms with Gasteiger partial charge in [0.25, 0.3) is 10.3 Å². The first kappa shape index (κ1) is 14.1. The van der Waals surface area contributed by atoms with E-state index in [1.807, 2.05) is 26.0 Å². The molecule has 0 fully saturated rings. The van der Waals surface area contributed by atoms with Crippen molar-refractivity contribution in [2.75, 3.05) is 5.73 Å². The number of anilines is 1. The van der Waals surface area contributed by atoms with E-state index in [0.717, 1.165) is 5.69 Å². The summed E-state index contributed by atoms with van der Waals surface area (Å²) in [5.41, 5.74) is 8.84. The van der Waals surface area contributed by atoms with Crippen LogP contribution in [0.2, 0.25) is 0 Å². The van der Waals surface area contributed by atoms with Crippen LogP contribution in [0.1, 0.15) is 11.1 Å². The number of hydrogen-bond acceptors (Lipinski definition) is 5. The normalized spacial score (nSPS) is 8.62. The van der Waals surface area contributed by atoms with Crippen molar-refractivity contribution in [2.45, 2.75) is 13.8 Å². The molecule has 7 heteroatoms. The fourth-order valence-corrected chi connectivity index (χ4v) is 1.22. The van der Waals surface area contributed by atoms with Gasteiger partial charge in [0.2, 0.25) is 0 Å². The molecule has 0 aromatic heterocycles. The molecule has 0 aliphatic heterocycles. The molecule has 2 N–H and O–H groups in total. The van der Waals surface area contributed by atoms with E-state index in [9.17, 15) is 8.42 Å². The number of nitrogens with zero attached hydrogens (tertiary/aromatic N) is 1. The van der Waals surface area contributed by atoms with Gasteiger partial charge >= 0.3 is 5.49 Å². The first-order chi connectivity index (χ1) is 7.31. The standard InChI is InChI=1S/C8H11N.CHNO4S/c1-6-3-7(2)5-8(9)4-6;3-2(4)1-7(5)6/h3-5H,9H2,1-2H3;1H. The molecule has 0 spiro atoms. The Hall–Kier alpha value is -1.89. The first-order valence-corrected chi connectivity index (χ1v) is 5.35. The molecule has 1 aromatic carbocycles. The molecule has 0 radical (unpaired) electrons. The number of benzene rings is 1. The number of aryl methyl sites for hydroxylation is 2. The SMILES string of the molecule is Cc1cc(C)cc(N)c1.O=[N+]([O-])C=S(=O)=O. The molecular weight excluding hydrogens is 232 g/mol. The third-order valence-corrected chi connectivity index (χ3v) is 1.76. The minimum atomic E-state index is -2.67. The highest BCUT2D eigenvalue weighted by atomic mass is 32.2. The number of hydrogen-bond donors (Lipinski definition) is 1. The van der Waals surface area contributed by atoms with Crippen molar-refractivity contribution in [2.24, 2.45) is 0 Å². The molecule has 0 unspecified atom stereocenters. The Kier molecular flexibility index (Phi) is 5.79. The van der Waals surface area contributed by atoms with E-state index in [1.165, 1.54) is 11.1 Å². The summed E-state index contributed by atoms with van der Waals surface area (Å²) in [6, 6.07) is 6.04. The van der Waals surface area contributed by atoms with Gasteiger partial charge in [-0.1, -0.05) is 6.07 Å². The maximum Gasteiger partial charge on any atom is 0.351 e. The predicted molar refractivity (Wildman–Crippen MR) is 62.3 cm³/mol. The van der Waals surface area contributed by atoms with E-state index in [4.69, 9.17) is 15.8 Å². The first-order valence-electron chi connectivity index (χ1n) is 4.21. The molecule has 0 amide bonds. The summed E-state index contributed by atoms with van der Waals surface area (Å²) in [6.07, 6.45) is 0. The highest BCUT2D eigenvalue weighted by Crippen LogP contribution is 2.08. The zero-order chi connectivity index (χ0) is 12.7. The molecule has 0 heterocycles. The van der Waals surface area contributed by atoms with E-state index >= 15 is 0 Å². The van der Waals surface area contributed by atoms with Crippen LogP contribution in [-0.2, 0) is 10.3 Å². The minimum Gasteiger partial charge on any atom is -0.399 e. The maximum absolute atomic E-state index is 9.31. The third-order valence-electron chi connectivity index (χ3n) is 1.42. The van der Waals surface area contributed by atoms with Gasteiger partial charge in [0, 0.05) is 5.69 Å². The van der Waals surface area contributed by atoms with Gasteiger partial charge in [-0.2, -0.15) is 8.42 Å². The molecule has 1 rings (SSSR count). The summed E-state index contributed by atoms with van der Waals surface area (Å²) in [5, 5.41) is 9.17. The van der Waals surface area contributed by atoms with E-state index in [0.29, 0.717) is 0 Å². The highest BCUT2D eigenvalue weighted by Gasteiger charge is 1.88. The molecule has 0 aliphatic rings. The summed E-state index contributed by atoms with van der Waals surface area (Å²) in [5.74, 6) is 0. The quantitative estimate of drug-likeness (QED) is 0.340. The zero-order valence-corrected chi connectivity index (χ0v) is 9.69. The molecule has 0 aliphatic carbocycles. The monoisotopic (exact) mass is 244 g/mol. The van der Waals surface area contributed by atoms with Crippen molar-refractivity contribution in [1.82, 2.24) is 0 Å². The number of nitrogen functional groups attached to an aromatic ring is 1. The van der Waals surface area contributed by atoms with Crippen molar-refractivity contribution >= 4 is 21.5 Å². The fraction of sp³-hybridized carbons (Fsp3) is 0.222. The molecule has 0 atom stereocenters. The Labute approximate surface area is 94.4 Å². The van der Waals surface area contributed by atoms with Gasteiger partial charge in [-0.15, -0.1) is 0 Å². The summed E-state index contributed by atoms with van der Waals surface area (Å²) < 4.78 is 18.6. The van der Waals surface area contributed by atoms with Gasteiger partial charge in [-0.25, -0.2) is 0 Å². The average molecular weight is 244 g/mol. The summed E-state index contributed by atoms with van der Waals surface area (Å²) in [4.78, 5) is 8.13. The molecule has 0 saturated carbocycles. The topological polar surface area (TPSA) is 103 Å². The Bertz CT molecular complexity index is 450. The van der Waals surface area contributed by atoms with Gasteiger partial charge in [-0.05, 0) is 37.1 Å². The molecular formula is C9H12N2O4S. The van der Waals surface area contributed by atoms with Crippen LogP contribution in [0.3, 0.4) is 0 Å². The van der Waals surface area contributed by atoms with Crippen LogP contribution in [0.5, 0.6) is 0 Å². The smallest absolute Gasteiger partial charge is 0.351 e. The molecule has 6 nitrogen and oxygen atoms in total. The molecule has 16 heavy (non-hydrogen) atoms. The Morgan fingerprint density at radius 3 is 1.88 bits per heavy atom. The lowest BCUT2D eigenvalue weighted by molar-refractivity contribution is -0.334. The van der Waals surface area contributed by atoms with Crippen LogP contribution < -0.4 is 5.73 Å². The van der Waals surface area contributed by atoms with Crippen LogP contribution in [0.15, 0.2) is 18.2 Å². The van der Waals surface area contributed by atoms with Gasteiger partial charge < -0.3 is 5.73 Å². The summed E-state index contributed by atoms with van der Waals surface area (Å²) >= 11 is 0. The number of nitrogens with two attached hydrogens (primary N) is 1. The van der Waals surface area contributed by atoms with Gasteiger partial charge in [0.15, 0.2) is 0 Å². The van der Waals surface area contributed by atoms with Crippen molar-refractivity contribution in [1.29, 1.82) is 0 Å². The van der Waals surface area contributed by atoms with Crippen molar-refractivity contribution in [3.8, 4) is 0 Å².